The first-order chi connectivity index (χ1) is 15.8. The summed E-state index contributed by atoms with van der Waals surface area (Å²) in [7, 11) is 0. The van der Waals surface area contributed by atoms with Gasteiger partial charge in [-0.05, 0) is 49.4 Å². The monoisotopic (exact) mass is 454 g/mol. The lowest BCUT2D eigenvalue weighted by Gasteiger charge is -2.11. The molecule has 0 bridgehead atoms. The van der Waals surface area contributed by atoms with Crippen molar-refractivity contribution in [1.82, 2.24) is 19.5 Å². The maximum atomic E-state index is 12.4. The highest BCUT2D eigenvalue weighted by Crippen LogP contribution is 2.24. The number of benzene rings is 2. The molecule has 2 aromatic heterocycles. The van der Waals surface area contributed by atoms with Crippen LogP contribution in [0.3, 0.4) is 0 Å². The number of nitrogens with one attached hydrogen (secondary N) is 2. The SMILES string of the molecule is Cc1nccn1-c1cc(Nc2ccc(NC(=O)c3cccc(OC(F)(F)F)c3)cc2)ncn1. The molecule has 4 rings (SSSR count). The van der Waals surface area contributed by atoms with Crippen molar-refractivity contribution < 1.29 is 22.7 Å². The van der Waals surface area contributed by atoms with E-state index in [0.29, 0.717) is 23.0 Å². The van der Waals surface area contributed by atoms with E-state index in [1.807, 2.05) is 11.5 Å². The number of halogens is 3. The van der Waals surface area contributed by atoms with Gasteiger partial charge in [0.1, 0.15) is 29.5 Å². The predicted molar refractivity (Wildman–Crippen MR) is 115 cm³/mol. The molecule has 33 heavy (non-hydrogen) atoms. The minimum absolute atomic E-state index is 0.0299. The second-order valence-corrected chi connectivity index (χ2v) is 6.84. The van der Waals surface area contributed by atoms with Gasteiger partial charge in [0.05, 0.1) is 0 Å². The van der Waals surface area contributed by atoms with Gasteiger partial charge in [0.25, 0.3) is 5.91 Å². The van der Waals surface area contributed by atoms with Crippen LogP contribution in [0.2, 0.25) is 0 Å². The van der Waals surface area contributed by atoms with Crippen LogP contribution in [0.25, 0.3) is 5.82 Å². The van der Waals surface area contributed by atoms with E-state index in [0.717, 1.165) is 18.0 Å². The lowest BCUT2D eigenvalue weighted by Crippen LogP contribution is -2.18. The van der Waals surface area contributed by atoms with Gasteiger partial charge in [-0.1, -0.05) is 6.07 Å². The Kier molecular flexibility index (Phi) is 5.94. The van der Waals surface area contributed by atoms with Gasteiger partial charge in [-0.15, -0.1) is 13.2 Å². The summed E-state index contributed by atoms with van der Waals surface area (Å²) in [6.07, 6.45) is 0.0727. The summed E-state index contributed by atoms with van der Waals surface area (Å²) >= 11 is 0. The number of rotatable bonds is 6. The molecular formula is C22H17F3N6O2. The van der Waals surface area contributed by atoms with Crippen LogP contribution in [-0.2, 0) is 0 Å². The van der Waals surface area contributed by atoms with Crippen LogP contribution in [0.1, 0.15) is 16.2 Å². The van der Waals surface area contributed by atoms with Crippen molar-refractivity contribution in [3.8, 4) is 11.6 Å². The first-order valence-electron chi connectivity index (χ1n) is 9.63. The standard InChI is InChI=1S/C22H17F3N6O2/c1-14-26-9-10-31(14)20-12-19(27-13-28-20)29-16-5-7-17(8-6-16)30-21(32)15-3-2-4-18(11-15)33-22(23,24)25/h2-13H,1H3,(H,30,32)(H,27,28,29). The summed E-state index contributed by atoms with van der Waals surface area (Å²) in [5, 5.41) is 5.78. The van der Waals surface area contributed by atoms with E-state index in [1.165, 1.54) is 18.5 Å². The number of ether oxygens (including phenoxy) is 1. The second-order valence-electron chi connectivity index (χ2n) is 6.84. The molecule has 168 valence electrons. The maximum Gasteiger partial charge on any atom is 0.573 e. The summed E-state index contributed by atoms with van der Waals surface area (Å²) in [5.74, 6) is 0.967. The molecule has 1 amide bonds. The number of carbonyl (C=O) groups is 1. The number of carbonyl (C=O) groups excluding carboxylic acids is 1. The van der Waals surface area contributed by atoms with E-state index >= 15 is 0 Å². The van der Waals surface area contributed by atoms with Crippen molar-refractivity contribution in [2.24, 2.45) is 0 Å². The Morgan fingerprint density at radius 3 is 2.45 bits per heavy atom. The van der Waals surface area contributed by atoms with Crippen LogP contribution in [0.15, 0.2) is 73.3 Å². The van der Waals surface area contributed by atoms with Crippen LogP contribution in [0.4, 0.5) is 30.4 Å². The van der Waals surface area contributed by atoms with Crippen molar-refractivity contribution in [2.75, 3.05) is 10.6 Å². The van der Waals surface area contributed by atoms with Gasteiger partial charge in [0, 0.05) is 35.4 Å². The Morgan fingerprint density at radius 1 is 1.00 bits per heavy atom. The Labute approximate surface area is 186 Å². The highest BCUT2D eigenvalue weighted by Gasteiger charge is 2.31. The topological polar surface area (TPSA) is 94.0 Å². The number of imidazole rings is 1. The van der Waals surface area contributed by atoms with E-state index in [4.69, 9.17) is 0 Å². The molecule has 0 saturated heterocycles. The fraction of sp³-hybridized carbons (Fsp3) is 0.0909. The van der Waals surface area contributed by atoms with Gasteiger partial charge in [-0.2, -0.15) is 0 Å². The van der Waals surface area contributed by atoms with Gasteiger partial charge in [0.2, 0.25) is 0 Å². The lowest BCUT2D eigenvalue weighted by molar-refractivity contribution is -0.274. The van der Waals surface area contributed by atoms with Crippen LogP contribution in [0.5, 0.6) is 5.75 Å². The molecule has 4 aromatic rings. The largest absolute Gasteiger partial charge is 0.573 e. The fourth-order valence-corrected chi connectivity index (χ4v) is 2.99. The molecule has 2 aromatic carbocycles. The Hall–Kier alpha value is -4.41. The molecule has 0 atom stereocenters. The molecule has 0 radical (unpaired) electrons. The number of aromatic nitrogens is 4. The average Bonchev–Trinajstić information content (AvgIpc) is 3.20. The smallest absolute Gasteiger partial charge is 0.406 e. The number of nitrogens with zero attached hydrogens (tertiary/aromatic N) is 4. The van der Waals surface area contributed by atoms with Crippen molar-refractivity contribution in [1.29, 1.82) is 0 Å². The van der Waals surface area contributed by atoms with Gasteiger partial charge in [-0.3, -0.25) is 9.36 Å². The molecule has 0 fully saturated rings. The molecule has 2 heterocycles. The molecule has 0 aliphatic carbocycles. The molecule has 0 spiro atoms. The summed E-state index contributed by atoms with van der Waals surface area (Å²) in [6.45, 7) is 1.86. The van der Waals surface area contributed by atoms with E-state index in [1.54, 1.807) is 42.7 Å². The van der Waals surface area contributed by atoms with E-state index in [9.17, 15) is 18.0 Å². The minimum atomic E-state index is -4.83. The quantitative estimate of drug-likeness (QED) is 0.432. The van der Waals surface area contributed by atoms with E-state index in [-0.39, 0.29) is 5.56 Å². The Bertz CT molecular complexity index is 1270. The first-order valence-corrected chi connectivity index (χ1v) is 9.63. The minimum Gasteiger partial charge on any atom is -0.406 e. The number of hydrogen-bond donors (Lipinski definition) is 2. The number of hydrogen-bond acceptors (Lipinski definition) is 6. The summed E-state index contributed by atoms with van der Waals surface area (Å²) < 4.78 is 42.8. The van der Waals surface area contributed by atoms with Crippen molar-refractivity contribution in [3.63, 3.8) is 0 Å². The number of amides is 1. The van der Waals surface area contributed by atoms with E-state index in [2.05, 4.69) is 30.3 Å². The molecule has 0 aliphatic heterocycles. The second kappa shape index (κ2) is 8.99. The zero-order chi connectivity index (χ0) is 23.4. The summed E-state index contributed by atoms with van der Waals surface area (Å²) in [5.41, 5.74) is 1.20. The van der Waals surface area contributed by atoms with Crippen LogP contribution >= 0.6 is 0 Å². The van der Waals surface area contributed by atoms with Gasteiger partial charge < -0.3 is 15.4 Å². The van der Waals surface area contributed by atoms with Gasteiger partial charge >= 0.3 is 6.36 Å². The number of aryl methyl sites for hydroxylation is 1. The third-order valence-corrected chi connectivity index (χ3v) is 4.47. The zero-order valence-electron chi connectivity index (χ0n) is 17.2. The molecular weight excluding hydrogens is 437 g/mol. The number of alkyl halides is 3. The molecule has 0 saturated carbocycles. The Morgan fingerprint density at radius 2 is 1.76 bits per heavy atom. The summed E-state index contributed by atoms with van der Waals surface area (Å²) in [6, 6.07) is 13.4. The predicted octanol–water partition coefficient (Wildman–Crippen LogP) is 4.87. The van der Waals surface area contributed by atoms with Gasteiger partial charge in [-0.25, -0.2) is 15.0 Å². The average molecular weight is 454 g/mol. The lowest BCUT2D eigenvalue weighted by atomic mass is 10.2. The van der Waals surface area contributed by atoms with Crippen molar-refractivity contribution >= 4 is 23.1 Å². The van der Waals surface area contributed by atoms with Crippen molar-refractivity contribution in [3.05, 3.63) is 84.7 Å². The van der Waals surface area contributed by atoms with E-state index < -0.39 is 18.0 Å². The number of anilines is 3. The molecule has 0 unspecified atom stereocenters. The summed E-state index contributed by atoms with van der Waals surface area (Å²) in [4.78, 5) is 25.0. The Balaban J connectivity index is 1.42. The van der Waals surface area contributed by atoms with Crippen LogP contribution < -0.4 is 15.4 Å². The molecule has 8 nitrogen and oxygen atoms in total. The van der Waals surface area contributed by atoms with Crippen molar-refractivity contribution in [2.45, 2.75) is 13.3 Å². The van der Waals surface area contributed by atoms with Crippen LogP contribution in [-0.4, -0.2) is 31.8 Å². The van der Waals surface area contributed by atoms with Crippen LogP contribution in [0, 0.1) is 6.92 Å². The molecule has 2 N–H and O–H groups in total. The first kappa shape index (κ1) is 21.8. The highest BCUT2D eigenvalue weighted by molar-refractivity contribution is 6.04. The third-order valence-electron chi connectivity index (χ3n) is 4.47. The normalized spacial score (nSPS) is 11.2. The molecule has 0 aliphatic rings. The highest BCUT2D eigenvalue weighted by atomic mass is 19.4. The maximum absolute atomic E-state index is 12.4. The van der Waals surface area contributed by atoms with Gasteiger partial charge in [0.15, 0.2) is 0 Å². The fourth-order valence-electron chi connectivity index (χ4n) is 2.99. The molecule has 11 heteroatoms. The zero-order valence-corrected chi connectivity index (χ0v) is 17.2. The third kappa shape index (κ3) is 5.64.